The van der Waals surface area contributed by atoms with E-state index in [1.54, 1.807) is 18.7 Å². The lowest BCUT2D eigenvalue weighted by Crippen LogP contribution is -1.82. The summed E-state index contributed by atoms with van der Waals surface area (Å²) >= 11 is 4.12. The van der Waals surface area contributed by atoms with Crippen molar-refractivity contribution in [1.82, 2.24) is 24.9 Å². The summed E-state index contributed by atoms with van der Waals surface area (Å²) in [4.78, 5) is 15.5. The zero-order valence-corrected chi connectivity index (χ0v) is 48.3. The molecule has 75 heavy (non-hydrogen) atoms. The molecule has 5 N–H and O–H groups in total. The van der Waals surface area contributed by atoms with Crippen LogP contribution in [0, 0.1) is 12.9 Å². The molecule has 0 saturated heterocycles. The number of hydrogen-bond acceptors (Lipinski definition) is 6. The third-order valence-electron chi connectivity index (χ3n) is 10.3. The molecule has 0 bridgehead atoms. The van der Waals surface area contributed by atoms with Gasteiger partial charge in [-0.1, -0.05) is 115 Å². The summed E-state index contributed by atoms with van der Waals surface area (Å²) in [6, 6.07) is 28.8. The van der Waals surface area contributed by atoms with Crippen LogP contribution in [-0.4, -0.2) is 24.9 Å². The second kappa shape index (κ2) is 42.4. The fourth-order valence-electron chi connectivity index (χ4n) is 6.77. The van der Waals surface area contributed by atoms with Crippen LogP contribution >= 0.6 is 12.6 Å². The number of aromatic amines is 5. The lowest BCUT2D eigenvalue weighted by Gasteiger charge is -1.95. The molecule has 12 heteroatoms. The van der Waals surface area contributed by atoms with Crippen molar-refractivity contribution in [2.24, 2.45) is 0 Å². The standard InChI is InChI=1S/C14H19NO.C13H17NO.C9H9NOS.C9H9NO.C8H6FNO.5C2H6/c1-2-3-4-5-7-13-10-12(11-16-13)14-8-6-9-15-14;1-2-3-4-6-12-9-11(10-15-12)13-7-5-8-14-13;12-6-8-4-7(5-11-8)9-2-1-3-10-9;1-7-5-8(6-11-7)9-3-2-4-10-9;9-8-4-6(5-11-8)7-2-1-3-10-7;5*1-2/h6,8-11,15H,2-5,7H2,1H3;5,7-10,14H,2-4,6H2,1H3;1-5,10,12H,6H2;2-6,10H,1H3;1-5,10H;5*1-2H3. The van der Waals surface area contributed by atoms with Gasteiger partial charge in [-0.3, -0.25) is 0 Å². The van der Waals surface area contributed by atoms with Gasteiger partial charge in [-0.2, -0.15) is 17.0 Å². The van der Waals surface area contributed by atoms with Gasteiger partial charge in [-0.25, -0.2) is 0 Å². The van der Waals surface area contributed by atoms with Crippen molar-refractivity contribution >= 4 is 12.6 Å². The maximum Gasteiger partial charge on any atom is 0.278 e. The number of hydrogen-bond donors (Lipinski definition) is 6. The van der Waals surface area contributed by atoms with Gasteiger partial charge in [0.25, 0.3) is 6.01 Å². The molecular formula is C63H90FN5O5S. The molecule has 0 saturated carbocycles. The number of H-pyrrole nitrogens is 5. The van der Waals surface area contributed by atoms with Gasteiger partial charge in [0.15, 0.2) is 0 Å². The third-order valence-corrected chi connectivity index (χ3v) is 10.6. The Balaban J connectivity index is 0.000000452. The zero-order chi connectivity index (χ0) is 55.5. The van der Waals surface area contributed by atoms with E-state index in [9.17, 15) is 4.39 Å². The minimum atomic E-state index is -0.561. The van der Waals surface area contributed by atoms with Crippen LogP contribution in [0.4, 0.5) is 4.39 Å². The summed E-state index contributed by atoms with van der Waals surface area (Å²) in [5.41, 5.74) is 10.5. The molecule has 0 aliphatic rings. The van der Waals surface area contributed by atoms with Gasteiger partial charge >= 0.3 is 0 Å². The van der Waals surface area contributed by atoms with Gasteiger partial charge in [0.05, 0.1) is 18.8 Å². The van der Waals surface area contributed by atoms with E-state index in [4.69, 9.17) is 17.7 Å². The molecule has 0 spiro atoms. The van der Waals surface area contributed by atoms with Gasteiger partial charge in [-0.05, 0) is 105 Å². The topological polar surface area (TPSA) is 145 Å². The summed E-state index contributed by atoms with van der Waals surface area (Å²) in [7, 11) is 0. The smallest absolute Gasteiger partial charge is 0.278 e. The Kier molecular flexibility index (Phi) is 37.4. The van der Waals surface area contributed by atoms with Crippen molar-refractivity contribution < 1.29 is 26.5 Å². The average Bonchev–Trinajstić information content (AvgIpc) is 4.28. The molecule has 0 amide bonds. The first kappa shape index (κ1) is 66.1. The number of aromatic nitrogens is 5. The number of thiol groups is 1. The van der Waals surface area contributed by atoms with Gasteiger partial charge in [0.2, 0.25) is 0 Å². The molecule has 0 atom stereocenters. The lowest BCUT2D eigenvalue weighted by molar-refractivity contribution is 0.359. The van der Waals surface area contributed by atoms with Crippen molar-refractivity contribution in [1.29, 1.82) is 0 Å². The van der Waals surface area contributed by atoms with Crippen LogP contribution < -0.4 is 0 Å². The largest absolute Gasteiger partial charge is 0.469 e. The Bertz CT molecular complexity index is 2610. The second-order valence-electron chi connectivity index (χ2n) is 15.3. The highest BCUT2D eigenvalue weighted by Crippen LogP contribution is 2.24. The highest BCUT2D eigenvalue weighted by atomic mass is 32.1. The van der Waals surface area contributed by atoms with Crippen molar-refractivity contribution in [2.75, 3.05) is 0 Å². The number of nitrogens with one attached hydrogen (secondary N) is 5. The van der Waals surface area contributed by atoms with Crippen LogP contribution in [0.1, 0.15) is 151 Å². The first-order valence-corrected chi connectivity index (χ1v) is 27.9. The molecule has 10 rings (SSSR count). The molecule has 410 valence electrons. The van der Waals surface area contributed by atoms with Crippen molar-refractivity contribution in [2.45, 2.75) is 154 Å². The first-order chi connectivity index (χ1) is 36.9. The molecule has 0 aromatic carbocycles. The van der Waals surface area contributed by atoms with E-state index in [2.05, 4.69) is 80.1 Å². The van der Waals surface area contributed by atoms with Crippen LogP contribution in [0.2, 0.25) is 0 Å². The normalized spacial score (nSPS) is 9.53. The lowest BCUT2D eigenvalue weighted by atomic mass is 10.1. The molecule has 10 nitrogen and oxygen atoms in total. The maximum absolute atomic E-state index is 12.3. The van der Waals surface area contributed by atoms with Crippen molar-refractivity contribution in [3.05, 3.63) is 182 Å². The van der Waals surface area contributed by atoms with Gasteiger partial charge in [0, 0.05) is 112 Å². The Morgan fingerprint density at radius 1 is 0.387 bits per heavy atom. The quantitative estimate of drug-likeness (QED) is 0.0447. The van der Waals surface area contributed by atoms with E-state index in [1.807, 2.05) is 174 Å². The number of furan rings is 5. The van der Waals surface area contributed by atoms with E-state index in [-0.39, 0.29) is 0 Å². The fraction of sp³-hybridized carbons (Fsp3) is 0.365. The van der Waals surface area contributed by atoms with Crippen LogP contribution in [0.15, 0.2) is 175 Å². The second-order valence-corrected chi connectivity index (χ2v) is 15.7. The first-order valence-electron chi connectivity index (χ1n) is 27.2. The summed E-state index contributed by atoms with van der Waals surface area (Å²) in [6.07, 6.45) is 28.9. The average molecular weight is 1050 g/mol. The SMILES string of the molecule is CC.CC.CC.CC.CC.CCCCCCc1cc(-c2ccc[nH]2)co1.CCCCCc1cc(-c2ccc[nH]2)co1.Cc1cc(-c2ccc[nH]2)co1.Fc1cc(-c2ccc[nH]2)co1.SCc1cc(-c2ccc[nH]2)co1. The third kappa shape index (κ3) is 25.2. The monoisotopic (exact) mass is 1050 g/mol. The minimum absolute atomic E-state index is 0.561. The number of unbranched alkanes of at least 4 members (excludes halogenated alkanes) is 5. The summed E-state index contributed by atoms with van der Waals surface area (Å²) in [5, 5.41) is 0. The number of rotatable bonds is 15. The Morgan fingerprint density at radius 2 is 0.693 bits per heavy atom. The molecule has 10 aromatic heterocycles. The van der Waals surface area contributed by atoms with E-state index < -0.39 is 6.01 Å². The predicted molar refractivity (Wildman–Crippen MR) is 318 cm³/mol. The Morgan fingerprint density at radius 3 is 0.987 bits per heavy atom. The van der Waals surface area contributed by atoms with E-state index >= 15 is 0 Å². The molecule has 0 aliphatic carbocycles. The molecule has 0 aliphatic heterocycles. The highest BCUT2D eigenvalue weighted by Gasteiger charge is 2.07. The van der Waals surface area contributed by atoms with E-state index in [0.717, 1.165) is 92.2 Å². The number of aryl methyl sites for hydroxylation is 3. The fourth-order valence-corrected chi connectivity index (χ4v) is 6.94. The van der Waals surface area contributed by atoms with Gasteiger partial charge in [0.1, 0.15) is 35.6 Å². The van der Waals surface area contributed by atoms with Gasteiger partial charge < -0.3 is 47.0 Å². The van der Waals surface area contributed by atoms with Crippen LogP contribution in [0.5, 0.6) is 0 Å². The Hall–Kier alpha value is -6.92. The van der Waals surface area contributed by atoms with Gasteiger partial charge in [-0.15, -0.1) is 0 Å². The molecule has 10 aromatic rings. The zero-order valence-electron chi connectivity index (χ0n) is 47.4. The summed E-state index contributed by atoms with van der Waals surface area (Å²) in [6.45, 7) is 26.4. The van der Waals surface area contributed by atoms with Crippen LogP contribution in [0.3, 0.4) is 0 Å². The molecule has 10 heterocycles. The van der Waals surface area contributed by atoms with Crippen molar-refractivity contribution in [3.8, 4) is 56.3 Å². The number of halogens is 1. The maximum atomic E-state index is 12.3. The van der Waals surface area contributed by atoms with Crippen LogP contribution in [0.25, 0.3) is 56.3 Å². The summed E-state index contributed by atoms with van der Waals surface area (Å²) in [5.74, 6) is 4.66. The minimum Gasteiger partial charge on any atom is -0.469 e. The molecule has 0 radical (unpaired) electrons. The molecular weight excluding hydrogens is 958 g/mol. The van der Waals surface area contributed by atoms with Crippen molar-refractivity contribution in [3.63, 3.8) is 0 Å². The van der Waals surface area contributed by atoms with Crippen LogP contribution in [-0.2, 0) is 18.6 Å². The van der Waals surface area contributed by atoms with E-state index in [1.165, 1.54) is 57.3 Å². The molecule has 0 unspecified atom stereocenters. The predicted octanol–water partition coefficient (Wildman–Crippen LogP) is 21.2. The van der Waals surface area contributed by atoms with E-state index in [0.29, 0.717) is 5.75 Å². The Labute approximate surface area is 454 Å². The highest BCUT2D eigenvalue weighted by molar-refractivity contribution is 7.79. The molecule has 0 fully saturated rings. The summed E-state index contributed by atoms with van der Waals surface area (Å²) < 4.78 is 38.3.